The van der Waals surface area contributed by atoms with Crippen LogP contribution in [0.25, 0.3) is 5.69 Å². The Hall–Kier alpha value is -1.11. The van der Waals surface area contributed by atoms with E-state index in [1.54, 1.807) is 11.0 Å². The molecule has 2 rings (SSSR count). The minimum Gasteiger partial charge on any atom is -0.390 e. The molecule has 5 nitrogen and oxygen atoms in total. The Morgan fingerprint density at radius 1 is 1.39 bits per heavy atom. The number of aliphatic hydroxyl groups is 1. The third-order valence-corrected chi connectivity index (χ3v) is 3.04. The summed E-state index contributed by atoms with van der Waals surface area (Å²) in [5.74, 6) is 0.220. The molecule has 18 heavy (non-hydrogen) atoms. The number of benzene rings is 1. The molecule has 7 heteroatoms. The Balaban J connectivity index is 2.01. The van der Waals surface area contributed by atoms with Crippen molar-refractivity contribution in [3.05, 3.63) is 35.3 Å². The first-order valence-electron chi connectivity index (χ1n) is 5.34. The average Bonchev–Trinajstić information content (AvgIpc) is 2.83. The van der Waals surface area contributed by atoms with Crippen LogP contribution in [0.2, 0.25) is 0 Å². The molecule has 96 valence electrons. The summed E-state index contributed by atoms with van der Waals surface area (Å²) in [4.78, 5) is 3.99. The van der Waals surface area contributed by atoms with Crippen molar-refractivity contribution >= 4 is 33.2 Å². The van der Waals surface area contributed by atoms with E-state index >= 15 is 0 Å². The van der Waals surface area contributed by atoms with Gasteiger partial charge in [-0.3, -0.25) is 0 Å². The second-order valence-corrected chi connectivity index (χ2v) is 4.71. The van der Waals surface area contributed by atoms with Gasteiger partial charge in [-0.05, 0) is 40.2 Å². The first-order valence-corrected chi connectivity index (χ1v) is 6.67. The van der Waals surface area contributed by atoms with Crippen molar-refractivity contribution < 1.29 is 5.11 Å². The fraction of sp³-hybridized carbons (Fsp3) is 0.273. The number of anilines is 1. The third-order valence-electron chi connectivity index (χ3n) is 2.32. The minimum atomic E-state index is -0.544. The van der Waals surface area contributed by atoms with E-state index in [1.165, 1.54) is 0 Å². The molecule has 2 aromatic rings. The summed E-state index contributed by atoms with van der Waals surface area (Å²) in [6, 6.07) is 7.64. The average molecular weight is 332 g/mol. The number of hydrogen-bond acceptors (Lipinski definition) is 4. The number of nitrogens with zero attached hydrogens (tertiary/aromatic N) is 3. The Bertz CT molecular complexity index is 502. The maximum absolute atomic E-state index is 9.33. The van der Waals surface area contributed by atoms with Gasteiger partial charge >= 0.3 is 0 Å². The monoisotopic (exact) mass is 330 g/mol. The Kier molecular flexibility index (Phi) is 4.57. The molecule has 1 aromatic heterocycles. The molecule has 0 radical (unpaired) electrons. The van der Waals surface area contributed by atoms with Crippen LogP contribution in [0.1, 0.15) is 0 Å². The maximum Gasteiger partial charge on any atom is 0.217 e. The Labute approximate surface area is 118 Å². The van der Waals surface area contributed by atoms with Crippen LogP contribution < -0.4 is 5.32 Å². The summed E-state index contributed by atoms with van der Waals surface area (Å²) >= 11 is 8.71. The summed E-state index contributed by atoms with van der Waals surface area (Å²) < 4.78 is 2.22. The molecule has 1 atom stereocenters. The van der Waals surface area contributed by atoms with E-state index in [0.29, 0.717) is 11.3 Å². The van der Waals surface area contributed by atoms with Gasteiger partial charge in [0.1, 0.15) is 6.33 Å². The van der Waals surface area contributed by atoms with Crippen LogP contribution in [0, 0.1) is 0 Å². The number of nitrogens with one attached hydrogen (secondary N) is 1. The van der Waals surface area contributed by atoms with Crippen molar-refractivity contribution in [2.24, 2.45) is 0 Å². The number of alkyl halides is 1. The summed E-state index contributed by atoms with van der Waals surface area (Å²) in [5.41, 5.74) is 1.83. The van der Waals surface area contributed by atoms with E-state index in [-0.39, 0.29) is 5.88 Å². The highest BCUT2D eigenvalue weighted by molar-refractivity contribution is 9.10. The molecule has 0 amide bonds. The van der Waals surface area contributed by atoms with Crippen molar-refractivity contribution in [3.63, 3.8) is 0 Å². The molecule has 1 unspecified atom stereocenters. The first kappa shape index (κ1) is 13.3. The summed E-state index contributed by atoms with van der Waals surface area (Å²) in [6.07, 6.45) is 1.08. The number of rotatable bonds is 5. The SMILES string of the molecule is OC(CCl)CNc1ccc(-n2cnc(Br)n2)cc1. The number of halogens is 2. The molecule has 0 bridgehead atoms. The van der Waals surface area contributed by atoms with Gasteiger partial charge in [0.2, 0.25) is 4.73 Å². The molecule has 1 aromatic carbocycles. The molecule has 0 saturated carbocycles. The van der Waals surface area contributed by atoms with E-state index < -0.39 is 6.10 Å². The predicted octanol–water partition coefficient (Wildman–Crippen LogP) is 2.04. The lowest BCUT2D eigenvalue weighted by atomic mass is 10.2. The maximum atomic E-state index is 9.33. The van der Waals surface area contributed by atoms with Gasteiger partial charge in [-0.2, -0.15) is 0 Å². The Morgan fingerprint density at radius 3 is 2.67 bits per heavy atom. The van der Waals surface area contributed by atoms with Crippen LogP contribution in [0.5, 0.6) is 0 Å². The lowest BCUT2D eigenvalue weighted by molar-refractivity contribution is 0.211. The van der Waals surface area contributed by atoms with E-state index in [4.69, 9.17) is 11.6 Å². The highest BCUT2D eigenvalue weighted by Gasteiger charge is 2.02. The van der Waals surface area contributed by atoms with Crippen molar-refractivity contribution in [2.45, 2.75) is 6.10 Å². The van der Waals surface area contributed by atoms with Crippen LogP contribution in [0.4, 0.5) is 5.69 Å². The van der Waals surface area contributed by atoms with Crippen molar-refractivity contribution in [1.29, 1.82) is 0 Å². The van der Waals surface area contributed by atoms with Gasteiger partial charge in [-0.15, -0.1) is 16.7 Å². The van der Waals surface area contributed by atoms with Gasteiger partial charge in [0.15, 0.2) is 0 Å². The zero-order valence-electron chi connectivity index (χ0n) is 9.42. The van der Waals surface area contributed by atoms with Crippen molar-refractivity contribution in [2.75, 3.05) is 17.7 Å². The quantitative estimate of drug-likeness (QED) is 0.823. The highest BCUT2D eigenvalue weighted by Crippen LogP contribution is 2.13. The third kappa shape index (κ3) is 3.44. The van der Waals surface area contributed by atoms with Crippen LogP contribution in [-0.4, -0.2) is 38.4 Å². The summed E-state index contributed by atoms with van der Waals surface area (Å²) in [5, 5.41) is 16.6. The first-order chi connectivity index (χ1) is 8.69. The highest BCUT2D eigenvalue weighted by atomic mass is 79.9. The topological polar surface area (TPSA) is 63.0 Å². The van der Waals surface area contributed by atoms with Crippen LogP contribution in [-0.2, 0) is 0 Å². The molecule has 0 aliphatic carbocycles. The van der Waals surface area contributed by atoms with Gasteiger partial charge in [0.25, 0.3) is 0 Å². The fourth-order valence-corrected chi connectivity index (χ4v) is 1.76. The lowest BCUT2D eigenvalue weighted by Crippen LogP contribution is -2.20. The van der Waals surface area contributed by atoms with Crippen LogP contribution in [0.15, 0.2) is 35.3 Å². The number of aromatic nitrogens is 3. The molecular formula is C11H12BrClN4O. The second kappa shape index (κ2) is 6.17. The fourth-order valence-electron chi connectivity index (χ4n) is 1.39. The molecule has 0 saturated heterocycles. The molecule has 1 heterocycles. The van der Waals surface area contributed by atoms with E-state index in [2.05, 4.69) is 31.3 Å². The van der Waals surface area contributed by atoms with Gasteiger partial charge in [0, 0.05) is 12.2 Å². The van der Waals surface area contributed by atoms with Crippen molar-refractivity contribution in [1.82, 2.24) is 14.8 Å². The largest absolute Gasteiger partial charge is 0.390 e. The van der Waals surface area contributed by atoms with Gasteiger partial charge in [0.05, 0.1) is 17.7 Å². The Morgan fingerprint density at radius 2 is 2.11 bits per heavy atom. The normalized spacial score (nSPS) is 12.4. The number of aliphatic hydroxyl groups excluding tert-OH is 1. The van der Waals surface area contributed by atoms with E-state index in [0.717, 1.165) is 11.4 Å². The second-order valence-electron chi connectivity index (χ2n) is 3.69. The predicted molar refractivity (Wildman–Crippen MR) is 74.3 cm³/mol. The van der Waals surface area contributed by atoms with Crippen molar-refractivity contribution in [3.8, 4) is 5.69 Å². The van der Waals surface area contributed by atoms with E-state index in [9.17, 15) is 5.11 Å². The minimum absolute atomic E-state index is 0.220. The molecule has 0 aliphatic heterocycles. The summed E-state index contributed by atoms with van der Waals surface area (Å²) in [6.45, 7) is 0.428. The molecule has 0 spiro atoms. The molecule has 0 aliphatic rings. The summed E-state index contributed by atoms with van der Waals surface area (Å²) in [7, 11) is 0. The van der Waals surface area contributed by atoms with E-state index in [1.807, 2.05) is 24.3 Å². The zero-order valence-corrected chi connectivity index (χ0v) is 11.8. The molecule has 0 fully saturated rings. The van der Waals surface area contributed by atoms with Crippen LogP contribution in [0.3, 0.4) is 0 Å². The number of hydrogen-bond donors (Lipinski definition) is 2. The molecule has 2 N–H and O–H groups in total. The van der Waals surface area contributed by atoms with Gasteiger partial charge in [-0.1, -0.05) is 0 Å². The van der Waals surface area contributed by atoms with Gasteiger partial charge < -0.3 is 10.4 Å². The molecular weight excluding hydrogens is 320 g/mol. The lowest BCUT2D eigenvalue weighted by Gasteiger charge is -2.10. The van der Waals surface area contributed by atoms with Gasteiger partial charge in [-0.25, -0.2) is 9.67 Å². The zero-order chi connectivity index (χ0) is 13.0. The van der Waals surface area contributed by atoms with Crippen LogP contribution >= 0.6 is 27.5 Å². The smallest absolute Gasteiger partial charge is 0.217 e. The standard InChI is InChI=1S/C11H12BrClN4O/c12-11-15-7-17(16-11)9-3-1-8(2-4-9)14-6-10(18)5-13/h1-4,7,10,14,18H,5-6H2.